The van der Waals surface area contributed by atoms with E-state index in [-0.39, 0.29) is 0 Å². The third-order valence-corrected chi connectivity index (χ3v) is 4.54. The molecular weight excluding hydrogens is 252 g/mol. The lowest BCUT2D eigenvalue weighted by atomic mass is 10.2. The van der Waals surface area contributed by atoms with Gasteiger partial charge in [-0.2, -0.15) is 11.8 Å². The molecule has 1 heterocycles. The summed E-state index contributed by atoms with van der Waals surface area (Å²) in [4.78, 5) is 2.38. The Hall–Kier alpha value is -0.380. The molecule has 1 aliphatic heterocycles. The summed E-state index contributed by atoms with van der Waals surface area (Å²) in [7, 11) is 0. The van der Waals surface area contributed by atoms with Gasteiger partial charge < -0.3 is 10.6 Å². The molecule has 0 bridgehead atoms. The number of nitrogens with zero attached hydrogens (tertiary/aromatic N) is 1. The molecule has 1 fully saturated rings. The van der Waals surface area contributed by atoms with Crippen molar-refractivity contribution in [3.63, 3.8) is 0 Å². The maximum atomic E-state index is 6.33. The fourth-order valence-electron chi connectivity index (χ4n) is 2.31. The molecule has 1 aromatic carbocycles. The van der Waals surface area contributed by atoms with E-state index in [1.165, 1.54) is 0 Å². The third-order valence-electron chi connectivity index (χ3n) is 3.01. The first kappa shape index (κ1) is 13.1. The van der Waals surface area contributed by atoms with Crippen LogP contribution in [0.5, 0.6) is 0 Å². The predicted molar refractivity (Wildman–Crippen MR) is 78.1 cm³/mol. The van der Waals surface area contributed by atoms with Gasteiger partial charge in [-0.15, -0.1) is 0 Å². The van der Waals surface area contributed by atoms with Gasteiger partial charge >= 0.3 is 0 Å². The highest BCUT2D eigenvalue weighted by Gasteiger charge is 2.23. The molecule has 1 aromatic rings. The average molecular weight is 271 g/mol. The fraction of sp³-hybridized carbons (Fsp3) is 0.538. The Morgan fingerprint density at radius 1 is 1.35 bits per heavy atom. The van der Waals surface area contributed by atoms with Gasteiger partial charge in [0, 0.05) is 30.1 Å². The maximum absolute atomic E-state index is 6.33. The van der Waals surface area contributed by atoms with Crippen molar-refractivity contribution in [2.24, 2.45) is 5.73 Å². The molecule has 2 unspecified atom stereocenters. The second-order valence-corrected chi connectivity index (χ2v) is 6.94. The van der Waals surface area contributed by atoms with Crippen molar-refractivity contribution in [3.8, 4) is 0 Å². The zero-order chi connectivity index (χ0) is 12.4. The summed E-state index contributed by atoms with van der Waals surface area (Å²) in [6.07, 6.45) is 0. The van der Waals surface area contributed by atoms with Crippen LogP contribution in [0.2, 0.25) is 5.02 Å². The molecule has 0 amide bonds. The predicted octanol–water partition coefficient (Wildman–Crippen LogP) is 3.13. The molecule has 0 radical (unpaired) electrons. The number of hydrogen-bond acceptors (Lipinski definition) is 3. The van der Waals surface area contributed by atoms with Crippen LogP contribution < -0.4 is 10.6 Å². The van der Waals surface area contributed by atoms with Crippen molar-refractivity contribution >= 4 is 29.1 Å². The Kier molecular flexibility index (Phi) is 4.23. The van der Waals surface area contributed by atoms with Crippen LogP contribution in [0.15, 0.2) is 18.2 Å². The summed E-state index contributed by atoms with van der Waals surface area (Å²) in [6.45, 7) is 7.22. The maximum Gasteiger partial charge on any atom is 0.0642 e. The largest absolute Gasteiger partial charge is 0.368 e. The van der Waals surface area contributed by atoms with E-state index in [2.05, 4.69) is 30.9 Å². The Bertz CT molecular complexity index is 387. The number of halogens is 1. The number of rotatable bonds is 2. The van der Waals surface area contributed by atoms with E-state index in [9.17, 15) is 0 Å². The molecule has 2 nitrogen and oxygen atoms in total. The molecule has 2 atom stereocenters. The summed E-state index contributed by atoms with van der Waals surface area (Å²) in [5, 5.41) is 2.13. The van der Waals surface area contributed by atoms with E-state index in [4.69, 9.17) is 17.3 Å². The minimum atomic E-state index is 0.544. The molecule has 1 aliphatic rings. The number of benzene rings is 1. The molecular formula is C13H19ClN2S. The van der Waals surface area contributed by atoms with Gasteiger partial charge in [0.1, 0.15) is 0 Å². The van der Waals surface area contributed by atoms with E-state index >= 15 is 0 Å². The third kappa shape index (κ3) is 3.09. The Morgan fingerprint density at radius 3 is 2.53 bits per heavy atom. The molecule has 2 N–H and O–H groups in total. The number of anilines is 1. The molecule has 0 saturated carbocycles. The summed E-state index contributed by atoms with van der Waals surface area (Å²) < 4.78 is 0. The van der Waals surface area contributed by atoms with Crippen LogP contribution in [-0.4, -0.2) is 23.6 Å². The number of hydrogen-bond donors (Lipinski definition) is 1. The quantitative estimate of drug-likeness (QED) is 0.895. The lowest BCUT2D eigenvalue weighted by molar-refractivity contribution is 0.728. The Labute approximate surface area is 113 Å². The van der Waals surface area contributed by atoms with Crippen molar-refractivity contribution in [1.29, 1.82) is 0 Å². The standard InChI is InChI=1S/C13H19ClN2S/c1-9-7-16(8-10(2)17-9)13-4-3-11(6-15)5-12(13)14/h3-5,9-10H,6-8,15H2,1-2H3. The zero-order valence-corrected chi connectivity index (χ0v) is 11.9. The second-order valence-electron chi connectivity index (χ2n) is 4.65. The van der Waals surface area contributed by atoms with Crippen LogP contribution in [0.25, 0.3) is 0 Å². The highest BCUT2D eigenvalue weighted by atomic mass is 35.5. The van der Waals surface area contributed by atoms with Gasteiger partial charge in [0.2, 0.25) is 0 Å². The monoisotopic (exact) mass is 270 g/mol. The van der Waals surface area contributed by atoms with Gasteiger partial charge in [-0.1, -0.05) is 31.5 Å². The minimum Gasteiger partial charge on any atom is -0.368 e. The Balaban J connectivity index is 2.21. The van der Waals surface area contributed by atoms with Gasteiger partial charge in [-0.05, 0) is 17.7 Å². The van der Waals surface area contributed by atoms with Gasteiger partial charge in [-0.3, -0.25) is 0 Å². The average Bonchev–Trinajstić information content (AvgIpc) is 2.27. The lowest BCUT2D eigenvalue weighted by Gasteiger charge is -2.36. The van der Waals surface area contributed by atoms with Crippen molar-refractivity contribution in [3.05, 3.63) is 28.8 Å². The molecule has 0 aliphatic carbocycles. The van der Waals surface area contributed by atoms with Crippen LogP contribution in [0.3, 0.4) is 0 Å². The zero-order valence-electron chi connectivity index (χ0n) is 10.3. The molecule has 94 valence electrons. The van der Waals surface area contributed by atoms with Crippen molar-refractivity contribution in [2.45, 2.75) is 30.9 Å². The minimum absolute atomic E-state index is 0.544. The molecule has 17 heavy (non-hydrogen) atoms. The van der Waals surface area contributed by atoms with Crippen molar-refractivity contribution in [1.82, 2.24) is 0 Å². The van der Waals surface area contributed by atoms with Gasteiger partial charge in [0.25, 0.3) is 0 Å². The Morgan fingerprint density at radius 2 is 2.00 bits per heavy atom. The lowest BCUT2D eigenvalue weighted by Crippen LogP contribution is -2.40. The summed E-state index contributed by atoms with van der Waals surface area (Å²) >= 11 is 8.38. The van der Waals surface area contributed by atoms with E-state index in [0.29, 0.717) is 17.0 Å². The number of thioether (sulfide) groups is 1. The van der Waals surface area contributed by atoms with Crippen LogP contribution >= 0.6 is 23.4 Å². The molecule has 2 rings (SSSR count). The second kappa shape index (κ2) is 5.51. The van der Waals surface area contributed by atoms with Crippen LogP contribution in [0.1, 0.15) is 19.4 Å². The highest BCUT2D eigenvalue weighted by Crippen LogP contribution is 2.33. The molecule has 1 saturated heterocycles. The van der Waals surface area contributed by atoms with E-state index in [1.807, 2.05) is 17.8 Å². The molecule has 0 aromatic heterocycles. The fourth-order valence-corrected chi connectivity index (χ4v) is 3.96. The van der Waals surface area contributed by atoms with Crippen molar-refractivity contribution in [2.75, 3.05) is 18.0 Å². The smallest absolute Gasteiger partial charge is 0.0642 e. The van der Waals surface area contributed by atoms with Crippen LogP contribution in [-0.2, 0) is 6.54 Å². The normalized spacial score (nSPS) is 25.1. The SMILES string of the molecule is CC1CN(c2ccc(CN)cc2Cl)CC(C)S1. The van der Waals surface area contributed by atoms with Gasteiger partial charge in [0.15, 0.2) is 0 Å². The summed E-state index contributed by atoms with van der Waals surface area (Å²) in [6, 6.07) is 6.15. The first-order valence-electron chi connectivity index (χ1n) is 5.99. The molecule has 4 heteroatoms. The summed E-state index contributed by atoms with van der Waals surface area (Å²) in [5.41, 5.74) is 7.85. The van der Waals surface area contributed by atoms with Crippen LogP contribution in [0.4, 0.5) is 5.69 Å². The van der Waals surface area contributed by atoms with E-state index in [1.54, 1.807) is 0 Å². The van der Waals surface area contributed by atoms with E-state index < -0.39 is 0 Å². The van der Waals surface area contributed by atoms with Gasteiger partial charge in [0.05, 0.1) is 10.7 Å². The first-order valence-corrected chi connectivity index (χ1v) is 7.31. The van der Waals surface area contributed by atoms with Crippen LogP contribution in [0, 0.1) is 0 Å². The van der Waals surface area contributed by atoms with Crippen molar-refractivity contribution < 1.29 is 0 Å². The highest BCUT2D eigenvalue weighted by molar-refractivity contribution is 8.00. The number of nitrogens with two attached hydrogens (primary N) is 1. The van der Waals surface area contributed by atoms with E-state index in [0.717, 1.165) is 29.4 Å². The summed E-state index contributed by atoms with van der Waals surface area (Å²) in [5.74, 6) is 0. The van der Waals surface area contributed by atoms with Gasteiger partial charge in [-0.25, -0.2) is 0 Å². The molecule has 0 spiro atoms. The topological polar surface area (TPSA) is 29.3 Å². The first-order chi connectivity index (χ1) is 8.10.